The van der Waals surface area contributed by atoms with E-state index in [-0.39, 0.29) is 17.5 Å². The highest BCUT2D eigenvalue weighted by Crippen LogP contribution is 2.25. The Balaban J connectivity index is 2.89. The summed E-state index contributed by atoms with van der Waals surface area (Å²) in [7, 11) is -1.49. The second kappa shape index (κ2) is 5.54. The summed E-state index contributed by atoms with van der Waals surface area (Å²) < 4.78 is 28.0. The molecule has 1 unspecified atom stereocenters. The molecular weight excluding hydrogens is 258 g/mol. The number of sulfone groups is 1. The van der Waals surface area contributed by atoms with Gasteiger partial charge in [0.05, 0.1) is 18.1 Å². The second-order valence-corrected chi connectivity index (χ2v) is 7.34. The van der Waals surface area contributed by atoms with Crippen LogP contribution in [0.3, 0.4) is 0 Å². The van der Waals surface area contributed by atoms with Crippen LogP contribution in [-0.4, -0.2) is 67.7 Å². The van der Waals surface area contributed by atoms with Crippen LogP contribution in [0.15, 0.2) is 0 Å². The topological polar surface area (TPSA) is 83.9 Å². The SMILES string of the molecule is COCCN(C1CCS(=O)(=O)C1)C(C)(C)C(=O)O. The van der Waals surface area contributed by atoms with E-state index in [1.807, 2.05) is 0 Å². The van der Waals surface area contributed by atoms with Crippen molar-refractivity contribution in [3.05, 3.63) is 0 Å². The first-order chi connectivity index (χ1) is 8.20. The van der Waals surface area contributed by atoms with E-state index in [2.05, 4.69) is 0 Å². The molecule has 1 saturated heterocycles. The van der Waals surface area contributed by atoms with Gasteiger partial charge in [0.25, 0.3) is 0 Å². The molecule has 0 radical (unpaired) electrons. The van der Waals surface area contributed by atoms with Gasteiger partial charge < -0.3 is 9.84 Å². The van der Waals surface area contributed by atoms with E-state index in [1.165, 1.54) is 7.11 Å². The number of hydrogen-bond acceptors (Lipinski definition) is 5. The van der Waals surface area contributed by atoms with Crippen LogP contribution in [0.25, 0.3) is 0 Å². The van der Waals surface area contributed by atoms with Gasteiger partial charge in [-0.2, -0.15) is 0 Å². The van der Waals surface area contributed by atoms with Crippen molar-refractivity contribution in [3.63, 3.8) is 0 Å². The Kier molecular flexibility index (Phi) is 4.74. The summed E-state index contributed by atoms with van der Waals surface area (Å²) >= 11 is 0. The maximum absolute atomic E-state index is 11.5. The van der Waals surface area contributed by atoms with Crippen molar-refractivity contribution in [3.8, 4) is 0 Å². The molecule has 18 heavy (non-hydrogen) atoms. The summed E-state index contributed by atoms with van der Waals surface area (Å²) in [5, 5.41) is 9.27. The molecular formula is C11H21NO5S. The van der Waals surface area contributed by atoms with E-state index in [0.717, 1.165) is 0 Å². The average Bonchev–Trinajstić information content (AvgIpc) is 2.59. The molecule has 1 heterocycles. The number of aliphatic carboxylic acids is 1. The Morgan fingerprint density at radius 1 is 1.50 bits per heavy atom. The van der Waals surface area contributed by atoms with Crippen molar-refractivity contribution in [1.29, 1.82) is 0 Å². The van der Waals surface area contributed by atoms with Crippen LogP contribution < -0.4 is 0 Å². The van der Waals surface area contributed by atoms with Crippen LogP contribution in [0.4, 0.5) is 0 Å². The van der Waals surface area contributed by atoms with Gasteiger partial charge in [0, 0.05) is 19.7 Å². The van der Waals surface area contributed by atoms with Crippen molar-refractivity contribution < 1.29 is 23.1 Å². The van der Waals surface area contributed by atoms with Crippen LogP contribution in [-0.2, 0) is 19.4 Å². The van der Waals surface area contributed by atoms with Crippen LogP contribution >= 0.6 is 0 Å². The highest BCUT2D eigenvalue weighted by Gasteiger charge is 2.42. The Labute approximate surface area is 108 Å². The van der Waals surface area contributed by atoms with Crippen LogP contribution in [0.1, 0.15) is 20.3 Å². The minimum absolute atomic E-state index is 0.0351. The summed E-state index contributed by atoms with van der Waals surface area (Å²) in [6, 6.07) is -0.240. The summed E-state index contributed by atoms with van der Waals surface area (Å²) in [6.45, 7) is 3.98. The van der Waals surface area contributed by atoms with Crippen molar-refractivity contribution in [2.75, 3.05) is 31.8 Å². The molecule has 1 aliphatic heterocycles. The molecule has 1 rings (SSSR count). The largest absolute Gasteiger partial charge is 0.480 e. The number of nitrogens with zero attached hydrogens (tertiary/aromatic N) is 1. The van der Waals surface area contributed by atoms with Crippen LogP contribution in [0.5, 0.6) is 0 Å². The van der Waals surface area contributed by atoms with Gasteiger partial charge in [-0.1, -0.05) is 0 Å². The molecule has 0 amide bonds. The van der Waals surface area contributed by atoms with Crippen molar-refractivity contribution in [2.45, 2.75) is 31.8 Å². The van der Waals surface area contributed by atoms with Gasteiger partial charge >= 0.3 is 5.97 Å². The van der Waals surface area contributed by atoms with E-state index in [1.54, 1.807) is 18.7 Å². The molecule has 1 aliphatic rings. The molecule has 0 bridgehead atoms. The number of carbonyl (C=O) groups is 1. The Morgan fingerprint density at radius 3 is 2.50 bits per heavy atom. The van der Waals surface area contributed by atoms with E-state index in [4.69, 9.17) is 4.74 Å². The normalized spacial score (nSPS) is 23.4. The fourth-order valence-corrected chi connectivity index (χ4v) is 3.98. The number of methoxy groups -OCH3 is 1. The van der Waals surface area contributed by atoms with Gasteiger partial charge in [-0.3, -0.25) is 9.69 Å². The number of rotatable bonds is 6. The average molecular weight is 279 g/mol. The first-order valence-corrected chi connectivity index (χ1v) is 7.72. The fourth-order valence-electron chi connectivity index (χ4n) is 2.25. The van der Waals surface area contributed by atoms with Crippen molar-refractivity contribution in [1.82, 2.24) is 4.90 Å². The Morgan fingerprint density at radius 2 is 2.11 bits per heavy atom. The van der Waals surface area contributed by atoms with E-state index >= 15 is 0 Å². The molecule has 1 fully saturated rings. The molecule has 106 valence electrons. The Hall–Kier alpha value is -0.660. The van der Waals surface area contributed by atoms with Gasteiger partial charge in [0.2, 0.25) is 0 Å². The molecule has 6 nitrogen and oxygen atoms in total. The predicted octanol–water partition coefficient (Wildman–Crippen LogP) is -0.0149. The number of carboxylic acids is 1. The first kappa shape index (κ1) is 15.4. The highest BCUT2D eigenvalue weighted by molar-refractivity contribution is 7.91. The lowest BCUT2D eigenvalue weighted by atomic mass is 10.00. The molecule has 0 aromatic heterocycles. The number of carboxylic acid groups (broad SMARTS) is 1. The highest BCUT2D eigenvalue weighted by atomic mass is 32.2. The predicted molar refractivity (Wildman–Crippen MR) is 67.4 cm³/mol. The molecule has 0 aromatic carbocycles. The standard InChI is InChI=1S/C11H21NO5S/c1-11(2,10(13)14)12(5-6-17-3)9-4-7-18(15,16)8-9/h9H,4-8H2,1-3H3,(H,13,14). The quantitative estimate of drug-likeness (QED) is 0.736. The maximum atomic E-state index is 11.5. The zero-order chi connectivity index (χ0) is 14.0. The third-order valence-corrected chi connectivity index (χ3v) is 5.18. The molecule has 0 aliphatic carbocycles. The summed E-state index contributed by atoms with van der Waals surface area (Å²) in [5.41, 5.74) is -1.09. The fraction of sp³-hybridized carbons (Fsp3) is 0.909. The third-order valence-electron chi connectivity index (χ3n) is 3.43. The molecule has 0 spiro atoms. The summed E-state index contributed by atoms with van der Waals surface area (Å²) in [5.74, 6) is -0.785. The minimum Gasteiger partial charge on any atom is -0.480 e. The molecule has 1 N–H and O–H groups in total. The Bertz CT molecular complexity index is 404. The van der Waals surface area contributed by atoms with E-state index in [9.17, 15) is 18.3 Å². The lowest BCUT2D eigenvalue weighted by Crippen LogP contribution is -2.56. The molecule has 0 saturated carbocycles. The zero-order valence-corrected chi connectivity index (χ0v) is 11.9. The zero-order valence-electron chi connectivity index (χ0n) is 11.0. The maximum Gasteiger partial charge on any atom is 0.323 e. The summed E-state index contributed by atoms with van der Waals surface area (Å²) in [6.07, 6.45) is 0.489. The molecule has 7 heteroatoms. The van der Waals surface area contributed by atoms with Crippen LogP contribution in [0.2, 0.25) is 0 Å². The summed E-state index contributed by atoms with van der Waals surface area (Å²) in [4.78, 5) is 13.0. The molecule has 0 aromatic rings. The van der Waals surface area contributed by atoms with Gasteiger partial charge in [-0.05, 0) is 20.3 Å². The van der Waals surface area contributed by atoms with E-state index in [0.29, 0.717) is 19.6 Å². The monoisotopic (exact) mass is 279 g/mol. The number of hydrogen-bond donors (Lipinski definition) is 1. The minimum atomic E-state index is -3.03. The first-order valence-electron chi connectivity index (χ1n) is 5.90. The van der Waals surface area contributed by atoms with Gasteiger partial charge in [0.15, 0.2) is 9.84 Å². The smallest absolute Gasteiger partial charge is 0.323 e. The lowest BCUT2D eigenvalue weighted by molar-refractivity contribution is -0.151. The van der Waals surface area contributed by atoms with Crippen molar-refractivity contribution in [2.24, 2.45) is 0 Å². The molecule has 1 atom stereocenters. The van der Waals surface area contributed by atoms with Gasteiger partial charge in [-0.25, -0.2) is 8.42 Å². The van der Waals surface area contributed by atoms with Crippen molar-refractivity contribution >= 4 is 15.8 Å². The second-order valence-electron chi connectivity index (χ2n) is 5.11. The third kappa shape index (κ3) is 3.43. The van der Waals surface area contributed by atoms with E-state index < -0.39 is 21.3 Å². The van der Waals surface area contributed by atoms with Crippen LogP contribution in [0, 0.1) is 0 Å². The van der Waals surface area contributed by atoms with Gasteiger partial charge in [0.1, 0.15) is 5.54 Å². The van der Waals surface area contributed by atoms with Gasteiger partial charge in [-0.15, -0.1) is 0 Å². The number of ether oxygens (including phenoxy) is 1. The lowest BCUT2D eigenvalue weighted by Gasteiger charge is -2.38.